The van der Waals surface area contributed by atoms with Crippen molar-refractivity contribution in [2.45, 2.75) is 24.9 Å². The molecular weight excluding hydrogens is 252 g/mol. The second-order valence-corrected chi connectivity index (χ2v) is 4.35. The van der Waals surface area contributed by atoms with Crippen LogP contribution >= 0.6 is 0 Å². The molecule has 1 aromatic rings. The molecule has 8 nitrogen and oxygen atoms in total. The fraction of sp³-hybridized carbons (Fsp3) is 0.545. The highest BCUT2D eigenvalue weighted by Gasteiger charge is 2.23. The van der Waals surface area contributed by atoms with Crippen LogP contribution < -0.4 is 10.6 Å². The number of rotatable bonds is 5. The summed E-state index contributed by atoms with van der Waals surface area (Å²) in [6.45, 7) is 1.08. The van der Waals surface area contributed by atoms with Gasteiger partial charge >= 0.3 is 12.0 Å². The molecule has 19 heavy (non-hydrogen) atoms. The van der Waals surface area contributed by atoms with Crippen LogP contribution in [0.5, 0.6) is 0 Å². The van der Waals surface area contributed by atoms with Crippen LogP contribution in [0.1, 0.15) is 12.1 Å². The van der Waals surface area contributed by atoms with Crippen LogP contribution in [-0.4, -0.2) is 52.4 Å². The van der Waals surface area contributed by atoms with Gasteiger partial charge in [0.25, 0.3) is 0 Å². The molecule has 2 atom stereocenters. The maximum absolute atomic E-state index is 11.7. The molecule has 1 saturated heterocycles. The fourth-order valence-electron chi connectivity index (χ4n) is 1.85. The molecule has 2 unspecified atom stereocenters. The van der Waals surface area contributed by atoms with Gasteiger partial charge in [0.1, 0.15) is 6.04 Å². The maximum atomic E-state index is 11.7. The number of aromatic nitrogens is 2. The third-order valence-electron chi connectivity index (χ3n) is 2.85. The molecule has 1 aromatic heterocycles. The number of amides is 2. The molecule has 1 aliphatic heterocycles. The van der Waals surface area contributed by atoms with Crippen molar-refractivity contribution in [3.63, 3.8) is 0 Å². The summed E-state index contributed by atoms with van der Waals surface area (Å²) in [5.41, 5.74) is 0.650. The summed E-state index contributed by atoms with van der Waals surface area (Å²) < 4.78 is 5.12. The first-order valence-electron chi connectivity index (χ1n) is 6.00. The van der Waals surface area contributed by atoms with Crippen LogP contribution in [0.2, 0.25) is 0 Å². The number of hydrogen-bond donors (Lipinski definition) is 4. The Morgan fingerprint density at radius 3 is 3.05 bits per heavy atom. The third-order valence-corrected chi connectivity index (χ3v) is 2.85. The maximum Gasteiger partial charge on any atom is 0.326 e. The van der Waals surface area contributed by atoms with E-state index in [2.05, 4.69) is 20.6 Å². The van der Waals surface area contributed by atoms with Gasteiger partial charge in [-0.25, -0.2) is 14.6 Å². The van der Waals surface area contributed by atoms with Gasteiger partial charge in [-0.3, -0.25) is 0 Å². The Hall–Kier alpha value is -2.09. The Morgan fingerprint density at radius 2 is 2.47 bits per heavy atom. The molecule has 8 heteroatoms. The number of aliphatic carboxylic acids is 1. The summed E-state index contributed by atoms with van der Waals surface area (Å²) in [5.74, 6) is -1.09. The van der Waals surface area contributed by atoms with E-state index in [1.165, 1.54) is 12.5 Å². The van der Waals surface area contributed by atoms with Gasteiger partial charge in [-0.2, -0.15) is 0 Å². The second kappa shape index (κ2) is 6.19. The van der Waals surface area contributed by atoms with Gasteiger partial charge in [0, 0.05) is 24.9 Å². The van der Waals surface area contributed by atoms with Crippen LogP contribution in [0, 0.1) is 0 Å². The first-order chi connectivity index (χ1) is 9.15. The number of imidazole rings is 1. The summed E-state index contributed by atoms with van der Waals surface area (Å²) in [7, 11) is 0. The lowest BCUT2D eigenvalue weighted by molar-refractivity contribution is -0.139. The number of nitrogens with zero attached hydrogens (tertiary/aromatic N) is 1. The zero-order valence-electron chi connectivity index (χ0n) is 10.3. The van der Waals surface area contributed by atoms with E-state index in [1.54, 1.807) is 0 Å². The minimum absolute atomic E-state index is 0.0541. The Bertz CT molecular complexity index is 428. The van der Waals surface area contributed by atoms with Crippen molar-refractivity contribution in [3.8, 4) is 0 Å². The van der Waals surface area contributed by atoms with Crippen molar-refractivity contribution in [1.82, 2.24) is 20.6 Å². The highest BCUT2D eigenvalue weighted by molar-refractivity contribution is 5.82. The van der Waals surface area contributed by atoms with Gasteiger partial charge < -0.3 is 25.5 Å². The first-order valence-corrected chi connectivity index (χ1v) is 6.00. The Labute approximate surface area is 109 Å². The van der Waals surface area contributed by atoms with E-state index in [4.69, 9.17) is 9.84 Å². The zero-order valence-corrected chi connectivity index (χ0v) is 10.3. The summed E-state index contributed by atoms with van der Waals surface area (Å²) in [4.78, 5) is 29.4. The van der Waals surface area contributed by atoms with E-state index in [0.717, 1.165) is 6.42 Å². The SMILES string of the molecule is O=C(NC1CCOC1)NC(Cc1cnc[nH]1)C(=O)O. The lowest BCUT2D eigenvalue weighted by Crippen LogP contribution is -2.50. The van der Waals surface area contributed by atoms with Crippen molar-refractivity contribution in [1.29, 1.82) is 0 Å². The van der Waals surface area contributed by atoms with Crippen molar-refractivity contribution in [3.05, 3.63) is 18.2 Å². The monoisotopic (exact) mass is 268 g/mol. The Balaban J connectivity index is 1.85. The number of carbonyl (C=O) groups excluding carboxylic acids is 1. The first kappa shape index (κ1) is 13.3. The average molecular weight is 268 g/mol. The number of carboxylic acid groups (broad SMARTS) is 1. The normalized spacial score (nSPS) is 19.9. The minimum atomic E-state index is -1.09. The van der Waals surface area contributed by atoms with Crippen LogP contribution in [0.15, 0.2) is 12.5 Å². The molecule has 0 bridgehead atoms. The summed E-state index contributed by atoms with van der Waals surface area (Å²) >= 11 is 0. The molecular formula is C11H16N4O4. The summed E-state index contributed by atoms with van der Waals surface area (Å²) in [6, 6.07) is -1.55. The lowest BCUT2D eigenvalue weighted by Gasteiger charge is -2.16. The van der Waals surface area contributed by atoms with Crippen molar-refractivity contribution in [2.75, 3.05) is 13.2 Å². The molecule has 0 aromatic carbocycles. The van der Waals surface area contributed by atoms with E-state index in [1.807, 2.05) is 0 Å². The number of aromatic amines is 1. The third kappa shape index (κ3) is 3.95. The van der Waals surface area contributed by atoms with Gasteiger partial charge in [0.15, 0.2) is 0 Å². The number of urea groups is 1. The fourth-order valence-corrected chi connectivity index (χ4v) is 1.85. The summed E-state index contributed by atoms with van der Waals surface area (Å²) in [5, 5.41) is 14.2. The van der Waals surface area contributed by atoms with Gasteiger partial charge in [-0.1, -0.05) is 0 Å². The molecule has 2 rings (SSSR count). The van der Waals surface area contributed by atoms with E-state index >= 15 is 0 Å². The number of carbonyl (C=O) groups is 2. The van der Waals surface area contributed by atoms with E-state index < -0.39 is 18.0 Å². The highest BCUT2D eigenvalue weighted by atomic mass is 16.5. The number of ether oxygens (including phenoxy) is 1. The van der Waals surface area contributed by atoms with Gasteiger partial charge in [-0.05, 0) is 6.42 Å². The molecule has 0 radical (unpaired) electrons. The Kier molecular flexibility index (Phi) is 4.35. The predicted molar refractivity (Wildman–Crippen MR) is 64.6 cm³/mol. The predicted octanol–water partition coefficient (Wildman–Crippen LogP) is -0.506. The number of H-pyrrole nitrogens is 1. The molecule has 2 amide bonds. The molecule has 104 valence electrons. The average Bonchev–Trinajstić information content (AvgIpc) is 3.00. The topological polar surface area (TPSA) is 116 Å². The van der Waals surface area contributed by atoms with Crippen LogP contribution in [0.4, 0.5) is 4.79 Å². The van der Waals surface area contributed by atoms with E-state index in [-0.39, 0.29) is 12.5 Å². The van der Waals surface area contributed by atoms with E-state index in [9.17, 15) is 9.59 Å². The van der Waals surface area contributed by atoms with Gasteiger partial charge in [-0.15, -0.1) is 0 Å². The standard InChI is InChI=1S/C11H16N4O4/c16-10(17)9(3-8-4-12-6-13-8)15-11(18)14-7-1-2-19-5-7/h4,6-7,9H,1-3,5H2,(H,12,13)(H,16,17)(H2,14,15,18). The Morgan fingerprint density at radius 1 is 1.63 bits per heavy atom. The molecule has 0 aliphatic carbocycles. The molecule has 4 N–H and O–H groups in total. The lowest BCUT2D eigenvalue weighted by atomic mass is 10.1. The largest absolute Gasteiger partial charge is 0.480 e. The van der Waals surface area contributed by atoms with Gasteiger partial charge in [0.2, 0.25) is 0 Å². The zero-order chi connectivity index (χ0) is 13.7. The van der Waals surface area contributed by atoms with Crippen molar-refractivity contribution < 1.29 is 19.4 Å². The quantitative estimate of drug-likeness (QED) is 0.574. The van der Waals surface area contributed by atoms with Crippen LogP contribution in [-0.2, 0) is 16.0 Å². The molecule has 2 heterocycles. The summed E-state index contributed by atoms with van der Waals surface area (Å²) in [6.07, 6.45) is 3.89. The van der Waals surface area contributed by atoms with Crippen LogP contribution in [0.3, 0.4) is 0 Å². The number of carboxylic acids is 1. The van der Waals surface area contributed by atoms with E-state index in [0.29, 0.717) is 18.9 Å². The van der Waals surface area contributed by atoms with Crippen molar-refractivity contribution >= 4 is 12.0 Å². The molecule has 0 spiro atoms. The minimum Gasteiger partial charge on any atom is -0.480 e. The smallest absolute Gasteiger partial charge is 0.326 e. The van der Waals surface area contributed by atoms with Gasteiger partial charge in [0.05, 0.1) is 19.0 Å². The number of nitrogens with one attached hydrogen (secondary N) is 3. The molecule has 1 aliphatic rings. The molecule has 0 saturated carbocycles. The molecule has 1 fully saturated rings. The second-order valence-electron chi connectivity index (χ2n) is 4.35. The van der Waals surface area contributed by atoms with Crippen molar-refractivity contribution in [2.24, 2.45) is 0 Å². The van der Waals surface area contributed by atoms with Crippen LogP contribution in [0.25, 0.3) is 0 Å². The highest BCUT2D eigenvalue weighted by Crippen LogP contribution is 2.03. The number of hydrogen-bond acceptors (Lipinski definition) is 4.